The first kappa shape index (κ1) is 105. The van der Waals surface area contributed by atoms with Crippen molar-refractivity contribution < 1.29 is 81.3 Å². The molecular weight excluding hydrogens is 628 g/mol. The average molecular weight is 691 g/mol. The van der Waals surface area contributed by atoms with Crippen molar-refractivity contribution in [1.29, 1.82) is 0 Å². The smallest absolute Gasteiger partial charge is 0.0639 e. The summed E-state index contributed by atoms with van der Waals surface area (Å²) in [4.78, 5) is 56.4. The fourth-order valence-corrected chi connectivity index (χ4v) is 0.816. The maximum atomic E-state index is 9.40. The third kappa shape index (κ3) is 337. The molecule has 0 aromatic heterocycles. The summed E-state index contributed by atoms with van der Waals surface area (Å²) in [6.45, 7) is 9.72. The third-order valence-electron chi connectivity index (χ3n) is 1.82. The van der Waals surface area contributed by atoms with E-state index < -0.39 is 35.8 Å². The molecule has 46 heavy (non-hydrogen) atoms. The van der Waals surface area contributed by atoms with Gasteiger partial charge in [0.2, 0.25) is 0 Å². The molecule has 0 spiro atoms. The second-order valence-electron chi connectivity index (χ2n) is 4.91. The van der Waals surface area contributed by atoms with Crippen LogP contribution in [0.4, 0.5) is 0 Å². The quantitative estimate of drug-likeness (QED) is 0.142. The lowest BCUT2D eigenvalue weighted by Gasteiger charge is -1.83. The van der Waals surface area contributed by atoms with E-state index in [4.69, 9.17) is 0 Å². The van der Waals surface area contributed by atoms with Gasteiger partial charge in [0, 0.05) is 0 Å². The van der Waals surface area contributed by atoms with Gasteiger partial charge < -0.3 is 118 Å². The van der Waals surface area contributed by atoms with Crippen molar-refractivity contribution in [2.24, 2.45) is 0 Å². The Kier molecular flexibility index (Phi) is 222. The minimum atomic E-state index is -1.14. The van der Waals surface area contributed by atoms with Crippen LogP contribution in [0.2, 0.25) is 0 Å². The average Bonchev–Trinajstić information content (AvgIpc) is 2.69. The van der Waals surface area contributed by atoms with E-state index in [1.54, 1.807) is 41.5 Å². The molecule has 0 saturated heterocycles. The van der Waals surface area contributed by atoms with Crippen LogP contribution < -0.4 is 67.5 Å². The molecule has 0 aliphatic rings. The lowest BCUT2D eigenvalue weighted by Crippen LogP contribution is -2.18. The normalized spacial score (nSPS) is 7.43. The maximum absolute atomic E-state index is 9.40. The minimum Gasteiger partial charge on any atom is -0.545 e. The van der Waals surface area contributed by atoms with E-state index in [9.17, 15) is 59.4 Å². The van der Waals surface area contributed by atoms with E-state index in [2.05, 4.69) is 0 Å². The van der Waals surface area contributed by atoms with E-state index >= 15 is 0 Å². The molecule has 22 nitrogen and oxygen atoms in total. The summed E-state index contributed by atoms with van der Waals surface area (Å²) in [5.41, 5.74) is 0. The Morgan fingerprint density at radius 1 is 0.283 bits per heavy atom. The van der Waals surface area contributed by atoms with Gasteiger partial charge in [-0.2, -0.15) is 0 Å². The monoisotopic (exact) mass is 690 g/mol. The standard InChI is InChI=1S/6C4H6O2.6H3N.4H2O/c6*1-2-3-4(5)6;;;;;;;;;;/h6*2-3H,1H3,(H,5,6);6*1H3;4*1H2. The predicted molar refractivity (Wildman–Crippen MR) is 169 cm³/mol. The molecule has 22 heteroatoms. The summed E-state index contributed by atoms with van der Waals surface area (Å²) < 4.78 is 0. The molecule has 0 radical (unpaired) electrons. The molecule has 0 aromatic carbocycles. The van der Waals surface area contributed by atoms with Crippen molar-refractivity contribution in [1.82, 2.24) is 36.9 Å². The summed E-state index contributed by atoms with van der Waals surface area (Å²) in [6.07, 6.45) is 14.3. The van der Waals surface area contributed by atoms with Gasteiger partial charge in [-0.05, 0) is 78.0 Å². The van der Waals surface area contributed by atoms with Crippen molar-refractivity contribution in [3.05, 3.63) is 72.9 Å². The number of rotatable bonds is 6. The second-order valence-corrected chi connectivity index (χ2v) is 4.91. The number of carboxylic acids is 6. The van der Waals surface area contributed by atoms with Crippen LogP contribution in [0.5, 0.6) is 0 Å². The van der Waals surface area contributed by atoms with E-state index in [1.807, 2.05) is 0 Å². The van der Waals surface area contributed by atoms with Gasteiger partial charge >= 0.3 is 0 Å². The number of hydrogen-bond donors (Lipinski definition) is 6. The zero-order valence-corrected chi connectivity index (χ0v) is 28.8. The number of carbonyl (C=O) groups is 6. The van der Waals surface area contributed by atoms with Crippen molar-refractivity contribution in [2.75, 3.05) is 0 Å². The van der Waals surface area contributed by atoms with Gasteiger partial charge in [-0.3, -0.25) is 0 Å². The molecule has 0 aliphatic carbocycles. The maximum Gasteiger partial charge on any atom is 0.0639 e. The molecule has 0 bridgehead atoms. The van der Waals surface area contributed by atoms with Crippen LogP contribution in [0.3, 0.4) is 0 Å². The second kappa shape index (κ2) is 97.4. The van der Waals surface area contributed by atoms with Crippen molar-refractivity contribution in [3.63, 3.8) is 0 Å². The molecule has 0 amide bonds. The molecule has 0 atom stereocenters. The highest BCUT2D eigenvalue weighted by atomic mass is 16.4. The van der Waals surface area contributed by atoms with Crippen LogP contribution in [0.15, 0.2) is 72.9 Å². The zero-order chi connectivity index (χ0) is 29.9. The van der Waals surface area contributed by atoms with Crippen molar-refractivity contribution >= 4 is 35.8 Å². The lowest BCUT2D eigenvalue weighted by atomic mass is 10.5. The van der Waals surface area contributed by atoms with Gasteiger partial charge in [0.05, 0.1) is 35.8 Å². The van der Waals surface area contributed by atoms with Crippen molar-refractivity contribution in [2.45, 2.75) is 41.5 Å². The van der Waals surface area contributed by atoms with Gasteiger partial charge in [0.25, 0.3) is 0 Å². The number of aliphatic carboxylic acids is 6. The molecule has 0 fully saturated rings. The van der Waals surface area contributed by atoms with Crippen LogP contribution in [-0.4, -0.2) is 57.7 Å². The third-order valence-corrected chi connectivity index (χ3v) is 1.82. The number of carboxylic acid groups (broad SMARTS) is 6. The van der Waals surface area contributed by atoms with Crippen LogP contribution in [0.1, 0.15) is 41.5 Å². The molecule has 0 saturated carbocycles. The Balaban J connectivity index is -0.0000000161. The molecule has 284 valence electrons. The summed E-state index contributed by atoms with van der Waals surface area (Å²) in [5, 5.41) is 56.4. The highest BCUT2D eigenvalue weighted by molar-refractivity contribution is 5.78. The van der Waals surface area contributed by atoms with Crippen molar-refractivity contribution in [3.8, 4) is 0 Å². The molecule has 32 N–H and O–H groups in total. The molecule has 0 heterocycles. The largest absolute Gasteiger partial charge is 0.545 e. The van der Waals surface area contributed by atoms with E-state index in [0.717, 1.165) is 36.5 Å². The number of carbonyl (C=O) groups excluding carboxylic acids is 6. The van der Waals surface area contributed by atoms with E-state index in [-0.39, 0.29) is 58.8 Å². The van der Waals surface area contributed by atoms with Crippen LogP contribution >= 0.6 is 0 Å². The first-order valence-electron chi connectivity index (χ1n) is 9.65. The summed E-state index contributed by atoms with van der Waals surface area (Å²) in [6, 6.07) is 0. The first-order chi connectivity index (χ1) is 16.6. The fraction of sp³-hybridized carbons (Fsp3) is 0.250. The Morgan fingerprint density at radius 3 is 0.348 bits per heavy atom. The molecule has 0 aliphatic heterocycles. The predicted octanol–water partition coefficient (Wildman–Crippen LogP) is -5.17. The van der Waals surface area contributed by atoms with Gasteiger partial charge in [0.15, 0.2) is 0 Å². The minimum absolute atomic E-state index is 0. The van der Waals surface area contributed by atoms with E-state index in [0.29, 0.717) is 0 Å². The number of hydrogen-bond acceptors (Lipinski definition) is 12. The van der Waals surface area contributed by atoms with E-state index in [1.165, 1.54) is 36.5 Å². The number of quaternary nitrogens is 6. The highest BCUT2D eigenvalue weighted by Crippen LogP contribution is 1.63. The Morgan fingerprint density at radius 2 is 0.348 bits per heavy atom. The van der Waals surface area contributed by atoms with Crippen LogP contribution in [0, 0.1) is 0 Å². The number of allylic oxidation sites excluding steroid dienone is 6. The lowest BCUT2D eigenvalue weighted by molar-refractivity contribution is -0.298. The molecule has 0 aromatic rings. The van der Waals surface area contributed by atoms with Gasteiger partial charge in [0.1, 0.15) is 0 Å². The topological polar surface area (TPSA) is 586 Å². The Labute approximate surface area is 268 Å². The van der Waals surface area contributed by atoms with Gasteiger partial charge in [-0.1, -0.05) is 36.5 Å². The summed E-state index contributed by atoms with van der Waals surface area (Å²) in [5.74, 6) is -6.85. The molecule has 0 rings (SSSR count). The van der Waals surface area contributed by atoms with Crippen LogP contribution in [0.25, 0.3) is 0 Å². The first-order valence-corrected chi connectivity index (χ1v) is 9.65. The zero-order valence-electron chi connectivity index (χ0n) is 28.8. The fourth-order valence-electron chi connectivity index (χ4n) is 0.816. The highest BCUT2D eigenvalue weighted by Gasteiger charge is 1.63. The molecule has 0 unspecified atom stereocenters. The Bertz CT molecular complexity index is 644. The Hall–Kier alpha value is -5.14. The summed E-state index contributed by atoms with van der Waals surface area (Å²) >= 11 is 0. The van der Waals surface area contributed by atoms with Gasteiger partial charge in [-0.15, -0.1) is 0 Å². The SMILES string of the molecule is CC=CC(=O)[O-].CC=CC(=O)[O-].CC=CC(=O)[O-].CC=CC(=O)[O-].CC=CC(=O)[O-].CC=CC(=O)[O-].O.O.O.O.[NH4+].[NH4+].[NH4+].[NH4+].[NH4+].[NH4+]. The summed E-state index contributed by atoms with van der Waals surface area (Å²) in [7, 11) is 0. The molecular formula is C24H62N6O16. The van der Waals surface area contributed by atoms with Gasteiger partial charge in [-0.25, -0.2) is 0 Å². The van der Waals surface area contributed by atoms with Crippen LogP contribution in [-0.2, 0) is 28.8 Å².